The molecule has 10 heavy (non-hydrogen) atoms. The van der Waals surface area contributed by atoms with Crippen molar-refractivity contribution in [2.24, 2.45) is 0 Å². The van der Waals surface area contributed by atoms with Gasteiger partial charge in [0.1, 0.15) is 0 Å². The zero-order chi connectivity index (χ0) is 7.78. The van der Waals surface area contributed by atoms with Crippen molar-refractivity contribution in [3.8, 4) is 0 Å². The van der Waals surface area contributed by atoms with E-state index in [0.29, 0.717) is 5.11 Å². The maximum atomic E-state index is 5.10. The monoisotopic (exact) mass is 212 g/mol. The molecule has 7 heteroatoms. The zero-order valence-corrected chi connectivity index (χ0v) is 8.67. The normalized spacial score (nSPS) is 23.1. The highest BCUT2D eigenvalue weighted by atomic mass is 33.1. The van der Waals surface area contributed by atoms with Crippen molar-refractivity contribution < 1.29 is 0 Å². The van der Waals surface area contributed by atoms with E-state index in [1.54, 1.807) is 0 Å². The van der Waals surface area contributed by atoms with Crippen molar-refractivity contribution >= 4 is 47.8 Å². The highest BCUT2D eigenvalue weighted by Crippen LogP contribution is 2.68. The van der Waals surface area contributed by atoms with Crippen LogP contribution in [0.2, 0.25) is 0 Å². The molecule has 1 aliphatic heterocycles. The average Bonchev–Trinajstić information content (AvgIpc) is 2.07. The molecule has 56 valence electrons. The van der Waals surface area contributed by atoms with Crippen LogP contribution in [0.3, 0.4) is 0 Å². The van der Waals surface area contributed by atoms with Gasteiger partial charge < -0.3 is 0 Å². The number of hydrazine groups is 1. The molecule has 0 bridgehead atoms. The Balaban J connectivity index is 2.73. The van der Waals surface area contributed by atoms with Gasteiger partial charge in [0, 0.05) is 0 Å². The molecule has 0 aromatic heterocycles. The summed E-state index contributed by atoms with van der Waals surface area (Å²) in [5.74, 6) is -1.96. The van der Waals surface area contributed by atoms with Gasteiger partial charge in [-0.3, -0.25) is 5.43 Å². The Bertz CT molecular complexity index is 161. The van der Waals surface area contributed by atoms with Gasteiger partial charge in [-0.1, -0.05) is 5.20 Å². The fourth-order valence-corrected chi connectivity index (χ4v) is 4.11. The van der Waals surface area contributed by atoms with Gasteiger partial charge in [-0.25, -0.2) is 0 Å². The maximum absolute atomic E-state index is 5.10. The molecule has 1 heterocycles. The quantitative estimate of drug-likeness (QED) is 0.512. The van der Waals surface area contributed by atoms with E-state index in [9.17, 15) is 0 Å². The second-order valence-electron chi connectivity index (χ2n) is 1.78. The van der Waals surface area contributed by atoms with Crippen LogP contribution < -0.4 is 10.6 Å². The third kappa shape index (κ3) is 1.51. The Morgan fingerprint density at radius 3 is 2.40 bits per heavy atom. The van der Waals surface area contributed by atoms with Gasteiger partial charge in [0.25, 0.3) is 0 Å². The molecule has 1 aliphatic rings. The first-order valence-electron chi connectivity index (χ1n) is 2.74. The fourth-order valence-electron chi connectivity index (χ4n) is 0.693. The van der Waals surface area contributed by atoms with Crippen molar-refractivity contribution in [3.63, 3.8) is 0 Å². The van der Waals surface area contributed by atoms with Crippen LogP contribution in [0.5, 0.6) is 0 Å². The SMILES string of the molecule is CCN1C(=S)NN[P+]1([S])[S]. The van der Waals surface area contributed by atoms with Gasteiger partial charge in [-0.05, 0) is 19.1 Å². The average molecular weight is 212 g/mol. The first-order chi connectivity index (χ1) is 4.58. The van der Waals surface area contributed by atoms with E-state index in [1.165, 1.54) is 0 Å². The van der Waals surface area contributed by atoms with E-state index >= 15 is 0 Å². The van der Waals surface area contributed by atoms with Crippen LogP contribution in [0.25, 0.3) is 0 Å². The number of nitrogens with one attached hydrogen (secondary N) is 2. The summed E-state index contributed by atoms with van der Waals surface area (Å²) >= 11 is 15.1. The van der Waals surface area contributed by atoms with Crippen LogP contribution in [-0.4, -0.2) is 16.3 Å². The number of hydrogen-bond acceptors (Lipinski definition) is 2. The smallest absolute Gasteiger partial charge is 0.261 e. The van der Waals surface area contributed by atoms with E-state index in [4.69, 9.17) is 36.7 Å². The molecule has 1 rings (SSSR count). The topological polar surface area (TPSA) is 27.3 Å². The molecule has 0 saturated carbocycles. The number of hydrogen-bond donors (Lipinski definition) is 2. The third-order valence-corrected chi connectivity index (χ3v) is 4.86. The highest BCUT2D eigenvalue weighted by Gasteiger charge is 2.48. The largest absolute Gasteiger partial charge is 0.345 e. The van der Waals surface area contributed by atoms with Crippen LogP contribution in [0.4, 0.5) is 0 Å². The van der Waals surface area contributed by atoms with Crippen LogP contribution in [0, 0.1) is 0 Å². The molecule has 0 aliphatic carbocycles. The first-order valence-corrected chi connectivity index (χ1v) is 6.92. The molecule has 2 radical (unpaired) electrons. The Labute approximate surface area is 76.7 Å². The molecule has 2 N–H and O–H groups in total. The number of nitrogens with zero attached hydrogens (tertiary/aromatic N) is 1. The predicted molar refractivity (Wildman–Crippen MR) is 53.4 cm³/mol. The summed E-state index contributed by atoms with van der Waals surface area (Å²) in [5.41, 5.74) is 2.76. The first kappa shape index (κ1) is 8.87. The van der Waals surface area contributed by atoms with Crippen molar-refractivity contribution in [3.05, 3.63) is 0 Å². The van der Waals surface area contributed by atoms with Gasteiger partial charge in [-0.2, -0.15) is 4.67 Å². The minimum absolute atomic E-state index is 0.626. The van der Waals surface area contributed by atoms with Crippen molar-refractivity contribution in [2.75, 3.05) is 6.54 Å². The summed E-state index contributed by atoms with van der Waals surface area (Å²) < 4.78 is 1.84. The van der Waals surface area contributed by atoms with Gasteiger partial charge in [0.05, 0.1) is 6.54 Å². The Kier molecular flexibility index (Phi) is 2.69. The second kappa shape index (κ2) is 3.03. The minimum Gasteiger partial charge on any atom is -0.261 e. The van der Waals surface area contributed by atoms with E-state index in [0.717, 1.165) is 6.54 Å². The Morgan fingerprint density at radius 2 is 2.20 bits per heavy atom. The summed E-state index contributed by atoms with van der Waals surface area (Å²) in [6, 6.07) is 0. The molecule has 1 saturated heterocycles. The van der Waals surface area contributed by atoms with Crippen molar-refractivity contribution in [1.29, 1.82) is 0 Å². The summed E-state index contributed by atoms with van der Waals surface area (Å²) in [5, 5.41) is 3.45. The third-order valence-electron chi connectivity index (χ3n) is 1.16. The van der Waals surface area contributed by atoms with E-state index in [1.807, 2.05) is 11.6 Å². The maximum Gasteiger partial charge on any atom is 0.345 e. The minimum atomic E-state index is -1.96. The molecule has 3 nitrogen and oxygen atoms in total. The lowest BCUT2D eigenvalue weighted by Crippen LogP contribution is -2.27. The molecule has 0 amide bonds. The molecule has 0 spiro atoms. The fraction of sp³-hybridized carbons (Fsp3) is 0.667. The van der Waals surface area contributed by atoms with Crippen molar-refractivity contribution in [2.45, 2.75) is 6.92 Å². The number of thiocarbonyl (C=S) groups is 1. The van der Waals surface area contributed by atoms with Gasteiger partial charge in [-0.15, -0.1) is 0 Å². The lowest BCUT2D eigenvalue weighted by molar-refractivity contribution is 0.713. The van der Waals surface area contributed by atoms with Crippen molar-refractivity contribution in [1.82, 2.24) is 15.3 Å². The lowest BCUT2D eigenvalue weighted by Gasteiger charge is -2.13. The van der Waals surface area contributed by atoms with E-state index in [-0.39, 0.29) is 0 Å². The highest BCUT2D eigenvalue weighted by molar-refractivity contribution is 8.84. The molecule has 1 fully saturated rings. The molecule has 0 aromatic carbocycles. The van der Waals surface area contributed by atoms with E-state index < -0.39 is 5.97 Å². The zero-order valence-electron chi connectivity index (χ0n) is 5.33. The Hall–Kier alpha value is 0.780. The van der Waals surface area contributed by atoms with E-state index in [2.05, 4.69) is 10.6 Å². The van der Waals surface area contributed by atoms with Gasteiger partial charge in [0.15, 0.2) is 24.5 Å². The van der Waals surface area contributed by atoms with Gasteiger partial charge in [0.2, 0.25) is 5.11 Å². The Morgan fingerprint density at radius 1 is 1.60 bits per heavy atom. The molecule has 0 atom stereocenters. The predicted octanol–water partition coefficient (Wildman–Crippen LogP) is 1.77. The summed E-state index contributed by atoms with van der Waals surface area (Å²) in [7, 11) is 0. The lowest BCUT2D eigenvalue weighted by atomic mass is 10.7. The summed E-state index contributed by atoms with van der Waals surface area (Å²) in [6.07, 6.45) is 0. The van der Waals surface area contributed by atoms with Crippen LogP contribution in [0.1, 0.15) is 6.92 Å². The summed E-state index contributed by atoms with van der Waals surface area (Å²) in [6.45, 7) is 2.76. The molecular formula is C3H7N3PS3+. The summed E-state index contributed by atoms with van der Waals surface area (Å²) in [4.78, 5) is 0. The van der Waals surface area contributed by atoms with Crippen LogP contribution >= 0.6 is 42.7 Å². The standard InChI is InChI=1S/C3H7N3PS3/c1-2-6-3(8)4-5-7(6,9)10/h5H,2H2,1H3,(H,4,8)/q+1. The molecule has 0 unspecified atom stereocenters. The molecular weight excluding hydrogens is 205 g/mol. The van der Waals surface area contributed by atoms with Crippen LogP contribution in [-0.2, 0) is 0 Å². The van der Waals surface area contributed by atoms with Gasteiger partial charge >= 0.3 is 5.97 Å². The number of rotatable bonds is 1. The molecule has 0 aromatic rings. The second-order valence-corrected chi connectivity index (χ2v) is 7.78. The van der Waals surface area contributed by atoms with Crippen LogP contribution in [0.15, 0.2) is 0 Å².